The van der Waals surface area contributed by atoms with Crippen molar-refractivity contribution in [3.63, 3.8) is 0 Å². The van der Waals surface area contributed by atoms with Crippen LogP contribution in [0.25, 0.3) is 0 Å². The molecule has 6 heteroatoms. The lowest BCUT2D eigenvalue weighted by molar-refractivity contribution is 0.194. The van der Waals surface area contributed by atoms with Crippen molar-refractivity contribution in [1.29, 1.82) is 0 Å². The molecule has 3 N–H and O–H groups in total. The second-order valence-corrected chi connectivity index (χ2v) is 5.57. The molecule has 0 aliphatic rings. The number of rotatable bonds is 4. The van der Waals surface area contributed by atoms with Crippen LogP contribution in [-0.2, 0) is 10.0 Å². The number of hydrogen-bond acceptors (Lipinski definition) is 4. The Morgan fingerprint density at radius 2 is 1.93 bits per heavy atom. The van der Waals surface area contributed by atoms with Crippen LogP contribution in [0.3, 0.4) is 0 Å². The van der Waals surface area contributed by atoms with E-state index in [1.165, 1.54) is 6.20 Å². The van der Waals surface area contributed by atoms with E-state index in [0.717, 1.165) is 0 Å². The summed E-state index contributed by atoms with van der Waals surface area (Å²) in [5.74, 6) is 0. The first kappa shape index (κ1) is 13.4. The highest BCUT2D eigenvalue weighted by molar-refractivity contribution is 7.93. The van der Waals surface area contributed by atoms with Crippen molar-refractivity contribution in [2.24, 2.45) is 10.6 Å². The van der Waals surface area contributed by atoms with Crippen molar-refractivity contribution in [3.8, 4) is 0 Å². The topological polar surface area (TPSA) is 83.6 Å². The Balaban J connectivity index is 5.36. The van der Waals surface area contributed by atoms with E-state index >= 15 is 0 Å². The Labute approximate surface area is 85.3 Å². The van der Waals surface area contributed by atoms with E-state index in [0.29, 0.717) is 0 Å². The van der Waals surface area contributed by atoms with Gasteiger partial charge >= 0.3 is 0 Å². The van der Waals surface area contributed by atoms with Gasteiger partial charge in [0, 0.05) is 25.7 Å². The van der Waals surface area contributed by atoms with Crippen molar-refractivity contribution >= 4 is 10.0 Å². The number of nitrogens with zero attached hydrogens (tertiary/aromatic N) is 1. The number of aliphatic hydroxyl groups is 1. The van der Waals surface area contributed by atoms with Crippen molar-refractivity contribution < 1.29 is 13.5 Å². The Morgan fingerprint density at radius 1 is 1.50 bits per heavy atom. The predicted octanol–water partition coefficient (Wildman–Crippen LogP) is -0.304. The Hall–Kier alpha value is -0.590. The van der Waals surface area contributed by atoms with Crippen LogP contribution < -0.4 is 5.14 Å². The molecule has 0 saturated heterocycles. The molecule has 0 spiro atoms. The van der Waals surface area contributed by atoms with Gasteiger partial charge in [-0.25, -0.2) is 13.6 Å². The fraction of sp³-hybridized carbons (Fsp3) is 0.750. The van der Waals surface area contributed by atoms with Gasteiger partial charge in [-0.05, 0) is 0 Å². The van der Waals surface area contributed by atoms with Crippen molar-refractivity contribution in [3.05, 3.63) is 11.1 Å². The first-order valence-corrected chi connectivity index (χ1v) is 5.68. The van der Waals surface area contributed by atoms with Gasteiger partial charge in [0.1, 0.15) is 0 Å². The molecule has 0 rings (SSSR count). The molecule has 0 aromatic carbocycles. The van der Waals surface area contributed by atoms with Gasteiger partial charge < -0.3 is 10.0 Å². The molecule has 0 radical (unpaired) electrons. The average molecular weight is 222 g/mol. The summed E-state index contributed by atoms with van der Waals surface area (Å²) in [6, 6.07) is 0. The van der Waals surface area contributed by atoms with Gasteiger partial charge in [0.05, 0.1) is 11.5 Å². The van der Waals surface area contributed by atoms with Gasteiger partial charge in [-0.1, -0.05) is 13.8 Å². The van der Waals surface area contributed by atoms with Gasteiger partial charge in [-0.2, -0.15) is 0 Å². The fourth-order valence-electron chi connectivity index (χ4n) is 0.946. The number of primary sulfonamides is 1. The lowest BCUT2D eigenvalue weighted by Gasteiger charge is -2.25. The third-order valence-electron chi connectivity index (χ3n) is 1.74. The van der Waals surface area contributed by atoms with Crippen molar-refractivity contribution in [2.45, 2.75) is 13.8 Å². The summed E-state index contributed by atoms with van der Waals surface area (Å²) in [5, 5.41) is 14.1. The van der Waals surface area contributed by atoms with Crippen LogP contribution in [0, 0.1) is 5.41 Å². The summed E-state index contributed by atoms with van der Waals surface area (Å²) in [7, 11) is -0.384. The molecule has 0 bridgehead atoms. The molecule has 0 unspecified atom stereocenters. The number of sulfonamides is 1. The lowest BCUT2D eigenvalue weighted by Crippen LogP contribution is -2.31. The van der Waals surface area contributed by atoms with Gasteiger partial charge in [0.2, 0.25) is 10.0 Å². The first-order chi connectivity index (χ1) is 6.11. The molecule has 5 nitrogen and oxygen atoms in total. The van der Waals surface area contributed by atoms with Crippen LogP contribution >= 0.6 is 0 Å². The third kappa shape index (κ3) is 3.65. The maximum absolute atomic E-state index is 11.2. The quantitative estimate of drug-likeness (QED) is 0.684. The molecule has 0 amide bonds. The summed E-state index contributed by atoms with van der Waals surface area (Å²) in [5.41, 5.74) is -0.863. The minimum absolute atomic E-state index is 0.0255. The minimum atomic E-state index is -3.77. The SMILES string of the molecule is CN(C)C=C(C(C)(C)CO)S(N)(=O)=O. The van der Waals surface area contributed by atoms with Gasteiger partial charge in [0.25, 0.3) is 0 Å². The van der Waals surface area contributed by atoms with Gasteiger partial charge in [-0.15, -0.1) is 0 Å². The molecule has 0 heterocycles. The van der Waals surface area contributed by atoms with Crippen molar-refractivity contribution in [1.82, 2.24) is 4.90 Å². The number of hydrogen-bond donors (Lipinski definition) is 2. The fourth-order valence-corrected chi connectivity index (χ4v) is 2.14. The molecule has 14 heavy (non-hydrogen) atoms. The van der Waals surface area contributed by atoms with E-state index in [1.54, 1.807) is 32.8 Å². The van der Waals surface area contributed by atoms with Crippen molar-refractivity contribution in [2.75, 3.05) is 20.7 Å². The highest BCUT2D eigenvalue weighted by Crippen LogP contribution is 2.28. The van der Waals surface area contributed by atoms with Crippen LogP contribution in [0.1, 0.15) is 13.8 Å². The maximum atomic E-state index is 11.2. The second kappa shape index (κ2) is 4.29. The average Bonchev–Trinajstić information content (AvgIpc) is 1.98. The van der Waals surface area contributed by atoms with E-state index in [4.69, 9.17) is 10.2 Å². The number of aliphatic hydroxyl groups excluding tert-OH is 1. The first-order valence-electron chi connectivity index (χ1n) is 4.13. The summed E-state index contributed by atoms with van der Waals surface area (Å²) < 4.78 is 22.5. The molecule has 0 aromatic rings. The molecule has 0 aromatic heterocycles. The van der Waals surface area contributed by atoms with Crippen LogP contribution in [-0.4, -0.2) is 39.1 Å². The Bertz CT molecular complexity index is 317. The lowest BCUT2D eigenvalue weighted by atomic mass is 9.94. The Kier molecular flexibility index (Phi) is 4.11. The maximum Gasteiger partial charge on any atom is 0.236 e. The molecule has 0 aliphatic carbocycles. The normalized spacial score (nSPS) is 14.3. The van der Waals surface area contributed by atoms with Crippen LogP contribution in [0.15, 0.2) is 11.1 Å². The van der Waals surface area contributed by atoms with Crippen LogP contribution in [0.5, 0.6) is 0 Å². The molecule has 0 fully saturated rings. The summed E-state index contributed by atoms with van der Waals surface area (Å²) in [6.45, 7) is 2.96. The largest absolute Gasteiger partial charge is 0.395 e. The molecule has 0 atom stereocenters. The summed E-state index contributed by atoms with van der Waals surface area (Å²) in [6.07, 6.45) is 1.41. The summed E-state index contributed by atoms with van der Waals surface area (Å²) >= 11 is 0. The third-order valence-corrected chi connectivity index (χ3v) is 3.02. The van der Waals surface area contributed by atoms with E-state index < -0.39 is 15.4 Å². The van der Waals surface area contributed by atoms with Crippen LogP contribution in [0.2, 0.25) is 0 Å². The highest BCUT2D eigenvalue weighted by atomic mass is 32.2. The van der Waals surface area contributed by atoms with E-state index in [-0.39, 0.29) is 11.5 Å². The smallest absolute Gasteiger partial charge is 0.236 e. The zero-order valence-corrected chi connectivity index (χ0v) is 9.80. The van der Waals surface area contributed by atoms with E-state index in [1.807, 2.05) is 0 Å². The second-order valence-electron chi connectivity index (χ2n) is 4.04. The predicted molar refractivity (Wildman–Crippen MR) is 55.7 cm³/mol. The van der Waals surface area contributed by atoms with E-state index in [2.05, 4.69) is 0 Å². The molecular formula is C8H18N2O3S. The van der Waals surface area contributed by atoms with E-state index in [9.17, 15) is 8.42 Å². The highest BCUT2D eigenvalue weighted by Gasteiger charge is 2.30. The van der Waals surface area contributed by atoms with Gasteiger partial charge in [-0.3, -0.25) is 0 Å². The van der Waals surface area contributed by atoms with Gasteiger partial charge in [0.15, 0.2) is 0 Å². The molecule has 0 saturated carbocycles. The zero-order chi connectivity index (χ0) is 11.6. The zero-order valence-electron chi connectivity index (χ0n) is 8.98. The minimum Gasteiger partial charge on any atom is -0.395 e. The monoisotopic (exact) mass is 222 g/mol. The molecule has 84 valence electrons. The number of nitrogens with two attached hydrogens (primary N) is 1. The Morgan fingerprint density at radius 3 is 2.14 bits per heavy atom. The summed E-state index contributed by atoms with van der Waals surface area (Å²) in [4.78, 5) is 1.61. The standard InChI is InChI=1S/C8H18N2O3S/c1-8(2,6-11)7(5-10(3)4)14(9,12)13/h5,11H,6H2,1-4H3,(H2,9,12,13). The van der Waals surface area contributed by atoms with Crippen LogP contribution in [0.4, 0.5) is 0 Å². The molecule has 0 aliphatic heterocycles. The molecular weight excluding hydrogens is 204 g/mol.